The van der Waals surface area contributed by atoms with E-state index in [0.29, 0.717) is 0 Å². The molecule has 1 rings (SSSR count). The van der Waals surface area contributed by atoms with Crippen molar-refractivity contribution in [3.8, 4) is 0 Å². The summed E-state index contributed by atoms with van der Waals surface area (Å²) in [5.74, 6) is 0. The Bertz CT molecular complexity index is 216. The second kappa shape index (κ2) is 10.6. The molecule has 3 heteroatoms. The lowest BCUT2D eigenvalue weighted by Crippen LogP contribution is -2.48. The Balaban J connectivity index is 0.000000361. The van der Waals surface area contributed by atoms with Crippen LogP contribution in [-0.4, -0.2) is 76.0 Å². The van der Waals surface area contributed by atoms with E-state index >= 15 is 0 Å². The van der Waals surface area contributed by atoms with Crippen LogP contribution in [0.5, 0.6) is 0 Å². The quantitative estimate of drug-likeness (QED) is 0.654. The van der Waals surface area contributed by atoms with E-state index in [2.05, 4.69) is 34.9 Å². The molecule has 0 unspecified atom stereocenters. The van der Waals surface area contributed by atoms with E-state index in [1.165, 1.54) is 62.9 Å². The molecule has 1 heterocycles. The fraction of sp³-hybridized carbons (Fsp3) is 1.00. The minimum Gasteiger partial charge on any atom is -0.379 e. The lowest BCUT2D eigenvalue weighted by atomic mass is 10.1. The van der Waals surface area contributed by atoms with E-state index in [4.69, 9.17) is 4.74 Å². The van der Waals surface area contributed by atoms with Crippen molar-refractivity contribution >= 4 is 0 Å². The monoisotopic (exact) mass is 288 g/mol. The van der Waals surface area contributed by atoms with Gasteiger partial charge in [0.1, 0.15) is 6.54 Å². The number of nitrogens with zero attached hydrogens (tertiary/aromatic N) is 2. The van der Waals surface area contributed by atoms with Crippen LogP contribution in [0.3, 0.4) is 0 Å². The van der Waals surface area contributed by atoms with Crippen LogP contribution in [0.15, 0.2) is 0 Å². The third kappa shape index (κ3) is 8.23. The summed E-state index contributed by atoms with van der Waals surface area (Å²) in [7, 11) is 6.43. The number of hydrogen-bond acceptors (Lipinski definition) is 1. The van der Waals surface area contributed by atoms with Crippen molar-refractivity contribution in [2.24, 2.45) is 0 Å². The van der Waals surface area contributed by atoms with Gasteiger partial charge < -0.3 is 13.7 Å². The van der Waals surface area contributed by atoms with E-state index < -0.39 is 0 Å². The summed E-state index contributed by atoms with van der Waals surface area (Å²) in [6.07, 6.45) is 5.72. The van der Waals surface area contributed by atoms with E-state index in [-0.39, 0.29) is 0 Å². The summed E-state index contributed by atoms with van der Waals surface area (Å²) in [4.78, 5) is 0. The molecule has 0 spiro atoms. The summed E-state index contributed by atoms with van der Waals surface area (Å²) < 4.78 is 7.49. The van der Waals surface area contributed by atoms with E-state index in [1.54, 1.807) is 7.11 Å². The molecule has 1 fully saturated rings. The smallest absolute Gasteiger partial charge is 0.102 e. The molecule has 0 aromatic heterocycles. The standard InChI is InChI=1S/C9H20N.C8H20NO/c1-3-7-10(2)8-5-4-6-9-10;1-5-9(3,6-2)7-8-10-4/h3-9H2,1-2H3;5-8H2,1-4H3/q2*+1. The summed E-state index contributed by atoms with van der Waals surface area (Å²) in [6.45, 7) is 15.4. The molecule has 20 heavy (non-hydrogen) atoms. The molecule has 0 aromatic carbocycles. The van der Waals surface area contributed by atoms with Crippen LogP contribution >= 0.6 is 0 Å². The van der Waals surface area contributed by atoms with Crippen LogP contribution in [0.2, 0.25) is 0 Å². The molecule has 0 saturated carbocycles. The Morgan fingerprint density at radius 2 is 1.55 bits per heavy atom. The molecule has 0 bridgehead atoms. The minimum absolute atomic E-state index is 0.873. The number of likely N-dealkylation sites (tertiary alicyclic amines) is 1. The van der Waals surface area contributed by atoms with Gasteiger partial charge in [-0.15, -0.1) is 0 Å². The summed E-state index contributed by atoms with van der Waals surface area (Å²) in [5, 5.41) is 0. The molecule has 3 nitrogen and oxygen atoms in total. The SMILES string of the molecule is CCC[N+]1(C)CCCCC1.CC[N+](C)(CC)CCOC. The maximum atomic E-state index is 5.03. The van der Waals surface area contributed by atoms with Gasteiger partial charge in [0.05, 0.1) is 53.4 Å². The van der Waals surface area contributed by atoms with Crippen molar-refractivity contribution in [3.05, 3.63) is 0 Å². The highest BCUT2D eigenvalue weighted by Crippen LogP contribution is 2.16. The van der Waals surface area contributed by atoms with Gasteiger partial charge in [-0.1, -0.05) is 6.92 Å². The van der Waals surface area contributed by atoms with Gasteiger partial charge in [0.15, 0.2) is 0 Å². The second-order valence-corrected chi connectivity index (χ2v) is 6.82. The Kier molecular flexibility index (Phi) is 10.5. The van der Waals surface area contributed by atoms with Gasteiger partial charge in [0.2, 0.25) is 0 Å². The number of hydrogen-bond donors (Lipinski definition) is 0. The highest BCUT2D eigenvalue weighted by molar-refractivity contribution is 4.50. The van der Waals surface area contributed by atoms with Crippen LogP contribution < -0.4 is 0 Å². The predicted octanol–water partition coefficient (Wildman–Crippen LogP) is 3.15. The average Bonchev–Trinajstić information content (AvgIpc) is 2.46. The fourth-order valence-electron chi connectivity index (χ4n) is 2.89. The number of methoxy groups -OCH3 is 1. The van der Waals surface area contributed by atoms with Crippen molar-refractivity contribution in [3.63, 3.8) is 0 Å². The molecule has 0 radical (unpaired) electrons. The van der Waals surface area contributed by atoms with Gasteiger partial charge in [-0.25, -0.2) is 0 Å². The van der Waals surface area contributed by atoms with Gasteiger partial charge >= 0.3 is 0 Å². The van der Waals surface area contributed by atoms with Gasteiger partial charge in [0, 0.05) is 7.11 Å². The number of quaternary nitrogens is 2. The highest BCUT2D eigenvalue weighted by atomic mass is 16.5. The van der Waals surface area contributed by atoms with Crippen molar-refractivity contribution in [1.82, 2.24) is 0 Å². The highest BCUT2D eigenvalue weighted by Gasteiger charge is 2.22. The summed E-state index contributed by atoms with van der Waals surface area (Å²) in [5.41, 5.74) is 0. The van der Waals surface area contributed by atoms with E-state index in [1.807, 2.05) is 0 Å². The Morgan fingerprint density at radius 1 is 1.00 bits per heavy atom. The minimum atomic E-state index is 0.873. The Labute approximate surface area is 128 Å². The molecule has 1 aliphatic heterocycles. The average molecular weight is 289 g/mol. The zero-order valence-corrected chi connectivity index (χ0v) is 15.1. The first-order valence-corrected chi connectivity index (χ1v) is 8.61. The molecular weight excluding hydrogens is 248 g/mol. The van der Waals surface area contributed by atoms with Gasteiger partial charge in [-0.2, -0.15) is 0 Å². The number of rotatable bonds is 7. The van der Waals surface area contributed by atoms with E-state index in [0.717, 1.165) is 17.6 Å². The van der Waals surface area contributed by atoms with Gasteiger partial charge in [-0.3, -0.25) is 0 Å². The normalized spacial score (nSPS) is 18.3. The fourth-order valence-corrected chi connectivity index (χ4v) is 2.89. The molecule has 0 aliphatic carbocycles. The van der Waals surface area contributed by atoms with Crippen molar-refractivity contribution in [2.45, 2.75) is 46.5 Å². The molecule has 122 valence electrons. The lowest BCUT2D eigenvalue weighted by molar-refractivity contribution is -0.914. The van der Waals surface area contributed by atoms with Crippen LogP contribution in [0.4, 0.5) is 0 Å². The molecule has 1 saturated heterocycles. The molecule has 0 aromatic rings. The zero-order chi connectivity index (χ0) is 15.5. The maximum Gasteiger partial charge on any atom is 0.102 e. The van der Waals surface area contributed by atoms with Crippen molar-refractivity contribution in [1.29, 1.82) is 0 Å². The predicted molar refractivity (Wildman–Crippen MR) is 88.9 cm³/mol. The Hall–Kier alpha value is -0.120. The molecular formula is C17H40N2O+2. The lowest BCUT2D eigenvalue weighted by Gasteiger charge is -2.37. The number of likely N-dealkylation sites (N-methyl/N-ethyl adjacent to an activating group) is 1. The third-order valence-corrected chi connectivity index (χ3v) is 5.02. The largest absolute Gasteiger partial charge is 0.379 e. The first kappa shape index (κ1) is 19.9. The van der Waals surface area contributed by atoms with Gasteiger partial charge in [-0.05, 0) is 39.5 Å². The molecule has 0 amide bonds. The summed E-state index contributed by atoms with van der Waals surface area (Å²) >= 11 is 0. The second-order valence-electron chi connectivity index (χ2n) is 6.82. The van der Waals surface area contributed by atoms with Crippen LogP contribution in [0.1, 0.15) is 46.5 Å². The third-order valence-electron chi connectivity index (χ3n) is 5.02. The first-order chi connectivity index (χ1) is 9.45. The molecule has 1 aliphatic rings. The van der Waals surface area contributed by atoms with Gasteiger partial charge in [0.25, 0.3) is 0 Å². The van der Waals surface area contributed by atoms with Crippen molar-refractivity contribution < 1.29 is 13.7 Å². The zero-order valence-electron chi connectivity index (χ0n) is 15.1. The topological polar surface area (TPSA) is 9.23 Å². The van der Waals surface area contributed by atoms with E-state index in [9.17, 15) is 0 Å². The van der Waals surface area contributed by atoms with Crippen molar-refractivity contribution in [2.75, 3.05) is 67.1 Å². The van der Waals surface area contributed by atoms with Crippen LogP contribution in [0.25, 0.3) is 0 Å². The number of piperidine rings is 1. The summed E-state index contributed by atoms with van der Waals surface area (Å²) in [6, 6.07) is 0. The maximum absolute atomic E-state index is 5.03. The Morgan fingerprint density at radius 3 is 1.95 bits per heavy atom. The molecule has 0 atom stereocenters. The number of ether oxygens (including phenoxy) is 1. The molecule has 0 N–H and O–H groups in total. The first-order valence-electron chi connectivity index (χ1n) is 8.61. The van der Waals surface area contributed by atoms with Crippen LogP contribution in [-0.2, 0) is 4.74 Å². The van der Waals surface area contributed by atoms with Crippen LogP contribution in [0, 0.1) is 0 Å².